The second-order valence-corrected chi connectivity index (χ2v) is 9.97. The molecule has 28 heavy (non-hydrogen) atoms. The summed E-state index contributed by atoms with van der Waals surface area (Å²) < 4.78 is 52.2. The van der Waals surface area contributed by atoms with Crippen LogP contribution in [0.2, 0.25) is 5.15 Å². The maximum atomic E-state index is 14.9. The fourth-order valence-electron chi connectivity index (χ4n) is 2.36. The van der Waals surface area contributed by atoms with Gasteiger partial charge >= 0.3 is 13.3 Å². The van der Waals surface area contributed by atoms with E-state index in [0.29, 0.717) is 16.7 Å². The first-order valence-electron chi connectivity index (χ1n) is 8.47. The Labute approximate surface area is 181 Å². The van der Waals surface area contributed by atoms with Crippen LogP contribution in [0.5, 0.6) is 0 Å². The van der Waals surface area contributed by atoms with E-state index in [1.165, 1.54) is 19.9 Å². The standard InChI is InChI=1S/C18H20BrClF2NO3PS/c1-3-25-27(24,26-4-2)18(21,22)15-7-5-13(9-16(15)19)11-28-12-14-6-8-17(20)23-10-14/h5-10H,3-4,11-12H2,1-2H3. The minimum Gasteiger partial charge on any atom is -0.304 e. The lowest BCUT2D eigenvalue weighted by molar-refractivity contribution is 0.0354. The van der Waals surface area contributed by atoms with E-state index in [0.717, 1.165) is 11.1 Å². The summed E-state index contributed by atoms with van der Waals surface area (Å²) in [6, 6.07) is 8.05. The van der Waals surface area contributed by atoms with Crippen molar-refractivity contribution in [3.8, 4) is 0 Å². The zero-order valence-corrected chi connectivity index (χ0v) is 19.4. The summed E-state index contributed by atoms with van der Waals surface area (Å²) in [5.41, 5.74) is -2.32. The lowest BCUT2D eigenvalue weighted by atomic mass is 10.1. The van der Waals surface area contributed by atoms with Crippen molar-refractivity contribution in [2.24, 2.45) is 0 Å². The average molecular weight is 515 g/mol. The number of alkyl halides is 2. The van der Waals surface area contributed by atoms with Gasteiger partial charge in [0.1, 0.15) is 5.15 Å². The molecule has 0 spiro atoms. The van der Waals surface area contributed by atoms with Crippen LogP contribution < -0.4 is 0 Å². The largest absolute Gasteiger partial charge is 0.404 e. The van der Waals surface area contributed by atoms with E-state index in [2.05, 4.69) is 20.9 Å². The normalized spacial score (nSPS) is 12.4. The van der Waals surface area contributed by atoms with Crippen LogP contribution in [-0.4, -0.2) is 18.2 Å². The third kappa shape index (κ3) is 5.77. The zero-order valence-electron chi connectivity index (χ0n) is 15.3. The Morgan fingerprint density at radius 3 is 2.29 bits per heavy atom. The number of pyridine rings is 1. The average Bonchev–Trinajstić information content (AvgIpc) is 2.63. The van der Waals surface area contributed by atoms with Gasteiger partial charge in [-0.05, 0) is 37.1 Å². The van der Waals surface area contributed by atoms with Gasteiger partial charge in [0.2, 0.25) is 0 Å². The Morgan fingerprint density at radius 1 is 1.14 bits per heavy atom. The van der Waals surface area contributed by atoms with E-state index in [1.807, 2.05) is 6.07 Å². The fourth-order valence-corrected chi connectivity index (χ4v) is 5.79. The molecular weight excluding hydrogens is 495 g/mol. The zero-order chi connectivity index (χ0) is 20.8. The molecule has 1 aromatic carbocycles. The molecule has 0 radical (unpaired) electrons. The number of thioether (sulfide) groups is 1. The number of nitrogens with zero attached hydrogens (tertiary/aromatic N) is 1. The minimum atomic E-state index is -4.64. The monoisotopic (exact) mass is 513 g/mol. The highest BCUT2D eigenvalue weighted by atomic mass is 79.9. The molecule has 0 fully saturated rings. The Bertz CT molecular complexity index is 832. The molecular formula is C18H20BrClF2NO3PS. The highest BCUT2D eigenvalue weighted by Crippen LogP contribution is 2.67. The second-order valence-electron chi connectivity index (χ2n) is 5.67. The number of halogens is 4. The first-order chi connectivity index (χ1) is 13.2. The van der Waals surface area contributed by atoms with Crippen LogP contribution in [0.4, 0.5) is 8.78 Å². The SMILES string of the molecule is CCOP(=O)(OCC)C(F)(F)c1ccc(CSCc2ccc(Cl)nc2)cc1Br. The van der Waals surface area contributed by atoms with Crippen molar-refractivity contribution in [1.29, 1.82) is 0 Å². The number of rotatable bonds is 10. The molecule has 1 heterocycles. The van der Waals surface area contributed by atoms with Gasteiger partial charge in [0.25, 0.3) is 0 Å². The van der Waals surface area contributed by atoms with Gasteiger partial charge in [0, 0.05) is 27.7 Å². The van der Waals surface area contributed by atoms with Gasteiger partial charge in [0.15, 0.2) is 0 Å². The van der Waals surface area contributed by atoms with Crippen molar-refractivity contribution in [2.45, 2.75) is 31.0 Å². The van der Waals surface area contributed by atoms with Crippen LogP contribution in [0.25, 0.3) is 0 Å². The number of benzene rings is 1. The number of hydrogen-bond donors (Lipinski definition) is 0. The molecule has 0 aliphatic heterocycles. The van der Waals surface area contributed by atoms with E-state index >= 15 is 0 Å². The van der Waals surface area contributed by atoms with Crippen LogP contribution in [0.3, 0.4) is 0 Å². The van der Waals surface area contributed by atoms with Crippen LogP contribution in [0, 0.1) is 0 Å². The first kappa shape index (κ1) is 23.8. The predicted octanol–water partition coefficient (Wildman–Crippen LogP) is 7.25. The summed E-state index contributed by atoms with van der Waals surface area (Å²) in [7, 11) is -4.64. The van der Waals surface area contributed by atoms with Crippen molar-refractivity contribution in [3.63, 3.8) is 0 Å². The van der Waals surface area contributed by atoms with Crippen molar-refractivity contribution < 1.29 is 22.4 Å². The Morgan fingerprint density at radius 2 is 1.75 bits per heavy atom. The molecule has 0 amide bonds. The highest BCUT2D eigenvalue weighted by Gasteiger charge is 2.55. The Hall–Kier alpha value is -0.500. The molecule has 0 aliphatic rings. The topological polar surface area (TPSA) is 48.4 Å². The third-order valence-corrected chi connectivity index (χ3v) is 7.71. The van der Waals surface area contributed by atoms with Crippen LogP contribution in [-0.2, 0) is 30.8 Å². The maximum absolute atomic E-state index is 14.9. The molecule has 2 aromatic rings. The summed E-state index contributed by atoms with van der Waals surface area (Å²) in [6.45, 7) is 2.71. The number of hydrogen-bond acceptors (Lipinski definition) is 5. The lowest BCUT2D eigenvalue weighted by Crippen LogP contribution is -2.19. The molecule has 0 bridgehead atoms. The lowest BCUT2D eigenvalue weighted by Gasteiger charge is -2.26. The Kier molecular flexibility index (Phi) is 8.92. The summed E-state index contributed by atoms with van der Waals surface area (Å²) in [6.07, 6.45) is 1.70. The van der Waals surface area contributed by atoms with E-state index < -0.39 is 18.8 Å². The highest BCUT2D eigenvalue weighted by molar-refractivity contribution is 9.10. The van der Waals surface area contributed by atoms with Gasteiger partial charge < -0.3 is 9.05 Å². The van der Waals surface area contributed by atoms with Crippen molar-refractivity contribution in [3.05, 3.63) is 62.8 Å². The molecule has 154 valence electrons. The maximum Gasteiger partial charge on any atom is 0.404 e. The van der Waals surface area contributed by atoms with Gasteiger partial charge in [-0.15, -0.1) is 0 Å². The summed E-state index contributed by atoms with van der Waals surface area (Å²) in [4.78, 5) is 4.02. The van der Waals surface area contributed by atoms with Crippen molar-refractivity contribution in [1.82, 2.24) is 4.98 Å². The third-order valence-electron chi connectivity index (χ3n) is 3.63. The van der Waals surface area contributed by atoms with Crippen molar-refractivity contribution >= 4 is 46.9 Å². The van der Waals surface area contributed by atoms with Crippen LogP contribution >= 0.6 is 46.9 Å². The predicted molar refractivity (Wildman–Crippen MR) is 113 cm³/mol. The molecule has 4 nitrogen and oxygen atoms in total. The molecule has 2 rings (SSSR count). The molecule has 0 N–H and O–H groups in total. The molecule has 0 atom stereocenters. The fraction of sp³-hybridized carbons (Fsp3) is 0.389. The van der Waals surface area contributed by atoms with Crippen molar-refractivity contribution in [2.75, 3.05) is 13.2 Å². The Balaban J connectivity index is 2.11. The quantitative estimate of drug-likeness (QED) is 0.247. The first-order valence-corrected chi connectivity index (χ1v) is 12.3. The van der Waals surface area contributed by atoms with Gasteiger partial charge in [0.05, 0.1) is 13.2 Å². The van der Waals surface area contributed by atoms with Crippen LogP contribution in [0.1, 0.15) is 30.5 Å². The summed E-state index contributed by atoms with van der Waals surface area (Å²) >= 11 is 10.5. The summed E-state index contributed by atoms with van der Waals surface area (Å²) in [5.74, 6) is 1.32. The van der Waals surface area contributed by atoms with Gasteiger partial charge in [-0.25, -0.2) is 4.98 Å². The van der Waals surface area contributed by atoms with E-state index in [4.69, 9.17) is 20.6 Å². The molecule has 1 aromatic heterocycles. The second kappa shape index (κ2) is 10.5. The van der Waals surface area contributed by atoms with Gasteiger partial charge in [-0.2, -0.15) is 20.5 Å². The van der Waals surface area contributed by atoms with Crippen LogP contribution in [0.15, 0.2) is 41.0 Å². The smallest absolute Gasteiger partial charge is 0.304 e. The van der Waals surface area contributed by atoms with Gasteiger partial charge in [-0.1, -0.05) is 45.7 Å². The summed E-state index contributed by atoms with van der Waals surface area (Å²) in [5, 5.41) is 0.436. The van der Waals surface area contributed by atoms with Gasteiger partial charge in [-0.3, -0.25) is 4.57 Å². The molecule has 10 heteroatoms. The molecule has 0 unspecified atom stereocenters. The van der Waals surface area contributed by atoms with E-state index in [9.17, 15) is 13.3 Å². The molecule has 0 saturated carbocycles. The molecule has 0 saturated heterocycles. The van der Waals surface area contributed by atoms with E-state index in [1.54, 1.807) is 36.2 Å². The minimum absolute atomic E-state index is 0.140. The molecule has 0 aliphatic carbocycles. The number of aromatic nitrogens is 1. The van der Waals surface area contributed by atoms with E-state index in [-0.39, 0.29) is 17.7 Å².